The molecule has 19 heavy (non-hydrogen) atoms. The first-order chi connectivity index (χ1) is 8.87. The molecule has 0 aromatic heterocycles. The van der Waals surface area contributed by atoms with Crippen LogP contribution in [-0.2, 0) is 9.84 Å². The molecule has 1 fully saturated rings. The smallest absolute Gasteiger partial charge is 0.251 e. The Morgan fingerprint density at radius 3 is 2.53 bits per heavy atom. The molecule has 0 aliphatic carbocycles. The summed E-state index contributed by atoms with van der Waals surface area (Å²) in [6.45, 7) is 0. The van der Waals surface area contributed by atoms with Gasteiger partial charge in [0.25, 0.3) is 5.91 Å². The molecule has 0 saturated carbocycles. The summed E-state index contributed by atoms with van der Waals surface area (Å²) in [5, 5.41) is 3.10. The van der Waals surface area contributed by atoms with Crippen molar-refractivity contribution in [1.82, 2.24) is 0 Å². The number of benzene rings is 1. The highest BCUT2D eigenvalue weighted by Gasteiger charge is 2.23. The maximum atomic E-state index is 13.3. The fourth-order valence-electron chi connectivity index (χ4n) is 2.07. The number of hydrogen-bond acceptors (Lipinski definition) is 4. The SMILES string of the molecule is NC(=O)c1cc(NC2CCS(=O)(=O)CC2)ccc1F. The number of carbonyl (C=O) groups excluding carboxylic acids is 1. The van der Waals surface area contributed by atoms with E-state index in [9.17, 15) is 17.6 Å². The summed E-state index contributed by atoms with van der Waals surface area (Å²) < 4.78 is 35.9. The van der Waals surface area contributed by atoms with E-state index in [-0.39, 0.29) is 23.1 Å². The summed E-state index contributed by atoms with van der Waals surface area (Å²) in [5.41, 5.74) is 5.46. The van der Waals surface area contributed by atoms with Gasteiger partial charge in [-0.3, -0.25) is 4.79 Å². The molecule has 0 spiro atoms. The van der Waals surface area contributed by atoms with Crippen molar-refractivity contribution in [3.8, 4) is 0 Å². The van der Waals surface area contributed by atoms with Crippen LogP contribution in [0.5, 0.6) is 0 Å². The van der Waals surface area contributed by atoms with Gasteiger partial charge >= 0.3 is 0 Å². The van der Waals surface area contributed by atoms with Crippen LogP contribution in [-0.4, -0.2) is 31.9 Å². The van der Waals surface area contributed by atoms with Gasteiger partial charge in [-0.05, 0) is 31.0 Å². The van der Waals surface area contributed by atoms with Crippen molar-refractivity contribution in [1.29, 1.82) is 0 Å². The van der Waals surface area contributed by atoms with E-state index in [2.05, 4.69) is 5.32 Å². The lowest BCUT2D eigenvalue weighted by Gasteiger charge is -2.24. The number of sulfone groups is 1. The van der Waals surface area contributed by atoms with Crippen LogP contribution in [0.1, 0.15) is 23.2 Å². The van der Waals surface area contributed by atoms with Crippen LogP contribution in [0.4, 0.5) is 10.1 Å². The number of carbonyl (C=O) groups is 1. The summed E-state index contributed by atoms with van der Waals surface area (Å²) in [6.07, 6.45) is 1.01. The molecular weight excluding hydrogens is 271 g/mol. The lowest BCUT2D eigenvalue weighted by atomic mass is 10.1. The van der Waals surface area contributed by atoms with Gasteiger partial charge < -0.3 is 11.1 Å². The molecule has 0 bridgehead atoms. The van der Waals surface area contributed by atoms with Gasteiger partial charge in [-0.2, -0.15) is 0 Å². The Kier molecular flexibility index (Phi) is 3.75. The largest absolute Gasteiger partial charge is 0.382 e. The van der Waals surface area contributed by atoms with Gasteiger partial charge in [0.1, 0.15) is 15.7 Å². The van der Waals surface area contributed by atoms with Crippen molar-refractivity contribution < 1.29 is 17.6 Å². The van der Waals surface area contributed by atoms with Gasteiger partial charge in [0, 0.05) is 11.7 Å². The second kappa shape index (κ2) is 5.16. The maximum absolute atomic E-state index is 13.3. The first kappa shape index (κ1) is 13.8. The molecule has 1 amide bonds. The average molecular weight is 286 g/mol. The Morgan fingerprint density at radius 2 is 1.95 bits per heavy atom. The third-order valence-corrected chi connectivity index (χ3v) is 4.87. The fraction of sp³-hybridized carbons (Fsp3) is 0.417. The monoisotopic (exact) mass is 286 g/mol. The second-order valence-corrected chi connectivity index (χ2v) is 6.93. The van der Waals surface area contributed by atoms with Crippen molar-refractivity contribution in [2.75, 3.05) is 16.8 Å². The van der Waals surface area contributed by atoms with Crippen LogP contribution < -0.4 is 11.1 Å². The topological polar surface area (TPSA) is 89.3 Å². The van der Waals surface area contributed by atoms with Gasteiger partial charge in [-0.15, -0.1) is 0 Å². The molecule has 1 aromatic rings. The van der Waals surface area contributed by atoms with Gasteiger partial charge in [-0.1, -0.05) is 0 Å². The number of nitrogens with one attached hydrogen (secondary N) is 1. The molecule has 0 unspecified atom stereocenters. The predicted octanol–water partition coefficient (Wildman–Crippen LogP) is 0.914. The summed E-state index contributed by atoms with van der Waals surface area (Å²) in [4.78, 5) is 11.0. The molecule has 5 nitrogen and oxygen atoms in total. The van der Waals surface area contributed by atoms with E-state index < -0.39 is 21.6 Å². The molecule has 2 rings (SSSR count). The Morgan fingerprint density at radius 1 is 1.32 bits per heavy atom. The third-order valence-electron chi connectivity index (χ3n) is 3.16. The summed E-state index contributed by atoms with van der Waals surface area (Å²) in [6, 6.07) is 4.03. The van der Waals surface area contributed by atoms with Crippen molar-refractivity contribution >= 4 is 21.4 Å². The van der Waals surface area contributed by atoms with Crippen LogP contribution in [0, 0.1) is 5.82 Å². The number of rotatable bonds is 3. The predicted molar refractivity (Wildman–Crippen MR) is 70.2 cm³/mol. The van der Waals surface area contributed by atoms with E-state index in [4.69, 9.17) is 5.73 Å². The van der Waals surface area contributed by atoms with E-state index in [0.717, 1.165) is 0 Å². The normalized spacial score (nSPS) is 19.0. The zero-order valence-corrected chi connectivity index (χ0v) is 11.0. The molecule has 3 N–H and O–H groups in total. The number of nitrogens with two attached hydrogens (primary N) is 1. The lowest BCUT2D eigenvalue weighted by Crippen LogP contribution is -2.32. The van der Waals surface area contributed by atoms with E-state index in [1.807, 2.05) is 0 Å². The minimum atomic E-state index is -2.91. The van der Waals surface area contributed by atoms with Crippen LogP contribution >= 0.6 is 0 Å². The van der Waals surface area contributed by atoms with E-state index in [1.165, 1.54) is 18.2 Å². The third kappa shape index (κ3) is 3.44. The van der Waals surface area contributed by atoms with Gasteiger partial charge in [0.2, 0.25) is 0 Å². The van der Waals surface area contributed by atoms with E-state index in [0.29, 0.717) is 18.5 Å². The maximum Gasteiger partial charge on any atom is 0.251 e. The molecule has 1 aliphatic rings. The van der Waals surface area contributed by atoms with Gasteiger partial charge in [-0.25, -0.2) is 12.8 Å². The Balaban J connectivity index is 2.08. The number of amides is 1. The second-order valence-electron chi connectivity index (χ2n) is 4.63. The molecule has 1 saturated heterocycles. The number of anilines is 1. The minimum absolute atomic E-state index is 0.00899. The standard InChI is InChI=1S/C12H15FN2O3S/c13-11-2-1-9(7-10(11)12(14)16)15-8-3-5-19(17,18)6-4-8/h1-2,7-8,15H,3-6H2,(H2,14,16). The lowest BCUT2D eigenvalue weighted by molar-refractivity contribution is 0.0996. The Hall–Kier alpha value is -1.63. The molecule has 1 heterocycles. The molecule has 104 valence electrons. The fourth-order valence-corrected chi connectivity index (χ4v) is 3.57. The Bertz CT molecular complexity index is 587. The van der Waals surface area contributed by atoms with Crippen LogP contribution in [0.2, 0.25) is 0 Å². The molecular formula is C12H15FN2O3S. The molecule has 1 aromatic carbocycles. The minimum Gasteiger partial charge on any atom is -0.382 e. The summed E-state index contributed by atoms with van der Waals surface area (Å²) in [7, 11) is -2.91. The number of primary amides is 1. The quantitative estimate of drug-likeness (QED) is 0.864. The number of halogens is 1. The number of hydrogen-bond donors (Lipinski definition) is 2. The zero-order valence-electron chi connectivity index (χ0n) is 10.2. The highest BCUT2D eigenvalue weighted by atomic mass is 32.2. The highest BCUT2D eigenvalue weighted by molar-refractivity contribution is 7.91. The average Bonchev–Trinajstić information content (AvgIpc) is 2.34. The van der Waals surface area contributed by atoms with Crippen LogP contribution in [0.25, 0.3) is 0 Å². The van der Waals surface area contributed by atoms with Crippen LogP contribution in [0.3, 0.4) is 0 Å². The van der Waals surface area contributed by atoms with E-state index in [1.54, 1.807) is 0 Å². The van der Waals surface area contributed by atoms with Crippen LogP contribution in [0.15, 0.2) is 18.2 Å². The molecule has 0 radical (unpaired) electrons. The first-order valence-electron chi connectivity index (χ1n) is 5.94. The Labute approximate surface area is 110 Å². The van der Waals surface area contributed by atoms with E-state index >= 15 is 0 Å². The van der Waals surface area contributed by atoms with Crippen molar-refractivity contribution in [2.45, 2.75) is 18.9 Å². The van der Waals surface area contributed by atoms with Gasteiger partial charge in [0.15, 0.2) is 0 Å². The zero-order chi connectivity index (χ0) is 14.0. The summed E-state index contributed by atoms with van der Waals surface area (Å²) in [5.74, 6) is -1.19. The first-order valence-corrected chi connectivity index (χ1v) is 7.76. The highest BCUT2D eigenvalue weighted by Crippen LogP contribution is 2.20. The van der Waals surface area contributed by atoms with Crippen molar-refractivity contribution in [2.24, 2.45) is 5.73 Å². The van der Waals surface area contributed by atoms with Crippen molar-refractivity contribution in [3.63, 3.8) is 0 Å². The summed E-state index contributed by atoms with van der Waals surface area (Å²) >= 11 is 0. The van der Waals surface area contributed by atoms with Gasteiger partial charge in [0.05, 0.1) is 17.1 Å². The molecule has 1 aliphatic heterocycles. The molecule has 7 heteroatoms. The van der Waals surface area contributed by atoms with Crippen molar-refractivity contribution in [3.05, 3.63) is 29.6 Å². The molecule has 0 atom stereocenters.